The van der Waals surface area contributed by atoms with Crippen LogP contribution in [0.1, 0.15) is 5.56 Å². The second kappa shape index (κ2) is 8.21. The highest BCUT2D eigenvalue weighted by atomic mass is 79.9. The van der Waals surface area contributed by atoms with Crippen molar-refractivity contribution in [1.29, 1.82) is 0 Å². The van der Waals surface area contributed by atoms with Gasteiger partial charge in [0.15, 0.2) is 6.79 Å². The summed E-state index contributed by atoms with van der Waals surface area (Å²) in [5.74, 6) is -0.117. The first-order valence-electron chi connectivity index (χ1n) is 5.38. The molecule has 0 amide bonds. The molecule has 20 heavy (non-hydrogen) atoms. The van der Waals surface area contributed by atoms with Crippen molar-refractivity contribution < 1.29 is 19.0 Å². The molecule has 1 aromatic rings. The van der Waals surface area contributed by atoms with Crippen LogP contribution in [0.2, 0.25) is 0 Å². The third kappa shape index (κ3) is 4.58. The van der Waals surface area contributed by atoms with Crippen molar-refractivity contribution in [1.82, 2.24) is 0 Å². The van der Waals surface area contributed by atoms with Gasteiger partial charge in [-0.2, -0.15) is 0 Å². The number of nitrogens with zero attached hydrogens (tertiary/aromatic N) is 3. The van der Waals surface area contributed by atoms with Gasteiger partial charge in [-0.3, -0.25) is 0 Å². The first kappa shape index (κ1) is 16.0. The number of methoxy groups -OCH3 is 2. The number of ether oxygens (including phenoxy) is 3. The summed E-state index contributed by atoms with van der Waals surface area (Å²) < 4.78 is 15.3. The summed E-state index contributed by atoms with van der Waals surface area (Å²) >= 11 is 3.34. The van der Waals surface area contributed by atoms with Gasteiger partial charge in [0.2, 0.25) is 0 Å². The summed E-state index contributed by atoms with van der Waals surface area (Å²) in [6, 6.07) is 5.10. The number of hydrogen-bond acceptors (Lipinski definition) is 5. The molecule has 8 heteroatoms. The van der Waals surface area contributed by atoms with Crippen LogP contribution in [0.4, 0.5) is 0 Å². The standard InChI is InChI=1S/C12H12BrN3O4/c1-18-7-20-9-4-3-8(10(13)6-9)5-11(15-16-14)12(17)19-2/h3-6H,7H2,1-2H3/b11-5+. The Labute approximate surface area is 123 Å². The lowest BCUT2D eigenvalue weighted by Gasteiger charge is -2.07. The molecule has 0 N–H and O–H groups in total. The largest absolute Gasteiger partial charge is 0.468 e. The fourth-order valence-electron chi connectivity index (χ4n) is 1.27. The Morgan fingerprint density at radius 1 is 1.50 bits per heavy atom. The average Bonchev–Trinajstić information content (AvgIpc) is 2.46. The summed E-state index contributed by atoms with van der Waals surface area (Å²) in [4.78, 5) is 14.0. The lowest BCUT2D eigenvalue weighted by molar-refractivity contribution is -0.136. The van der Waals surface area contributed by atoms with E-state index in [9.17, 15) is 4.79 Å². The van der Waals surface area contributed by atoms with Crippen molar-refractivity contribution >= 4 is 28.0 Å². The van der Waals surface area contributed by atoms with E-state index in [2.05, 4.69) is 30.7 Å². The Morgan fingerprint density at radius 3 is 2.80 bits per heavy atom. The predicted octanol–water partition coefficient (Wildman–Crippen LogP) is 3.26. The number of carbonyl (C=O) groups is 1. The minimum Gasteiger partial charge on any atom is -0.468 e. The fourth-order valence-corrected chi connectivity index (χ4v) is 1.74. The minimum atomic E-state index is -0.714. The van der Waals surface area contributed by atoms with E-state index < -0.39 is 5.97 Å². The first-order chi connectivity index (χ1) is 9.62. The Morgan fingerprint density at radius 2 is 2.25 bits per heavy atom. The lowest BCUT2D eigenvalue weighted by atomic mass is 10.2. The zero-order chi connectivity index (χ0) is 15.0. The molecule has 0 aliphatic carbocycles. The molecule has 0 aromatic heterocycles. The van der Waals surface area contributed by atoms with Crippen LogP contribution in [0.25, 0.3) is 16.5 Å². The quantitative estimate of drug-likeness (QED) is 0.198. The van der Waals surface area contributed by atoms with Crippen molar-refractivity contribution in [3.63, 3.8) is 0 Å². The molecule has 0 saturated heterocycles. The van der Waals surface area contributed by atoms with Crippen LogP contribution in [-0.4, -0.2) is 27.0 Å². The molecule has 0 aliphatic heterocycles. The summed E-state index contributed by atoms with van der Waals surface area (Å²) in [5.41, 5.74) is 8.94. The van der Waals surface area contributed by atoms with Gasteiger partial charge < -0.3 is 14.2 Å². The highest BCUT2D eigenvalue weighted by Gasteiger charge is 2.09. The van der Waals surface area contributed by atoms with Crippen molar-refractivity contribution in [3.05, 3.63) is 44.4 Å². The van der Waals surface area contributed by atoms with Gasteiger partial charge in [0.25, 0.3) is 0 Å². The Hall–Kier alpha value is -2.02. The van der Waals surface area contributed by atoms with E-state index in [1.54, 1.807) is 18.2 Å². The van der Waals surface area contributed by atoms with Crippen molar-refractivity contribution in [2.45, 2.75) is 0 Å². The fraction of sp³-hybridized carbons (Fsp3) is 0.250. The highest BCUT2D eigenvalue weighted by molar-refractivity contribution is 9.10. The molecule has 1 aromatic carbocycles. The molecular weight excluding hydrogens is 330 g/mol. The molecule has 0 spiro atoms. The maximum Gasteiger partial charge on any atom is 0.340 e. The van der Waals surface area contributed by atoms with Crippen LogP contribution in [-0.2, 0) is 14.3 Å². The van der Waals surface area contributed by atoms with Crippen LogP contribution >= 0.6 is 15.9 Å². The van der Waals surface area contributed by atoms with Gasteiger partial charge >= 0.3 is 5.97 Å². The van der Waals surface area contributed by atoms with Gasteiger partial charge in [-0.25, -0.2) is 4.79 Å². The third-order valence-corrected chi connectivity index (χ3v) is 2.84. The van der Waals surface area contributed by atoms with Crippen LogP contribution in [0, 0.1) is 0 Å². The molecule has 0 saturated carbocycles. The zero-order valence-corrected chi connectivity index (χ0v) is 12.5. The summed E-state index contributed by atoms with van der Waals surface area (Å²) in [6.45, 7) is 0.133. The van der Waals surface area contributed by atoms with Gasteiger partial charge in [-0.05, 0) is 29.3 Å². The molecule has 7 nitrogen and oxygen atoms in total. The van der Waals surface area contributed by atoms with Gasteiger partial charge in [0.1, 0.15) is 11.4 Å². The zero-order valence-electron chi connectivity index (χ0n) is 10.9. The van der Waals surface area contributed by atoms with Crippen LogP contribution in [0.15, 0.2) is 33.5 Å². The van der Waals surface area contributed by atoms with Crippen LogP contribution in [0.3, 0.4) is 0 Å². The smallest absolute Gasteiger partial charge is 0.340 e. The molecule has 0 heterocycles. The van der Waals surface area contributed by atoms with Gasteiger partial charge in [-0.1, -0.05) is 27.1 Å². The van der Waals surface area contributed by atoms with Crippen LogP contribution < -0.4 is 4.74 Å². The summed E-state index contributed by atoms with van der Waals surface area (Å²) in [5, 5.41) is 3.30. The number of esters is 1. The Balaban J connectivity index is 3.06. The van der Waals surface area contributed by atoms with Crippen molar-refractivity contribution in [3.8, 4) is 5.75 Å². The molecular formula is C12H12BrN3O4. The molecule has 1 rings (SSSR count). The molecule has 0 fully saturated rings. The molecule has 0 aliphatic rings. The minimum absolute atomic E-state index is 0.133. The topological polar surface area (TPSA) is 93.5 Å². The Kier molecular flexibility index (Phi) is 6.58. The first-order valence-corrected chi connectivity index (χ1v) is 6.18. The molecule has 0 unspecified atom stereocenters. The molecule has 0 atom stereocenters. The van der Waals surface area contributed by atoms with E-state index in [0.717, 1.165) is 0 Å². The van der Waals surface area contributed by atoms with E-state index in [1.807, 2.05) is 0 Å². The number of halogens is 1. The van der Waals surface area contributed by atoms with E-state index in [1.165, 1.54) is 20.3 Å². The molecule has 106 valence electrons. The summed E-state index contributed by atoms with van der Waals surface area (Å²) in [7, 11) is 2.73. The molecule has 0 bridgehead atoms. The molecule has 0 radical (unpaired) electrons. The van der Waals surface area contributed by atoms with E-state index in [-0.39, 0.29) is 12.5 Å². The highest BCUT2D eigenvalue weighted by Crippen LogP contribution is 2.25. The number of benzene rings is 1. The van der Waals surface area contributed by atoms with E-state index in [0.29, 0.717) is 15.8 Å². The average molecular weight is 342 g/mol. The third-order valence-electron chi connectivity index (χ3n) is 2.15. The second-order valence-corrected chi connectivity index (χ2v) is 4.30. The number of azide groups is 1. The number of carbonyl (C=O) groups excluding carboxylic acids is 1. The van der Waals surface area contributed by atoms with Crippen molar-refractivity contribution in [2.75, 3.05) is 21.0 Å². The normalized spacial score (nSPS) is 10.7. The monoisotopic (exact) mass is 341 g/mol. The van der Waals surface area contributed by atoms with Crippen molar-refractivity contribution in [2.24, 2.45) is 5.11 Å². The second-order valence-electron chi connectivity index (χ2n) is 3.44. The Bertz CT molecular complexity index is 568. The number of rotatable bonds is 6. The maximum absolute atomic E-state index is 11.4. The lowest BCUT2D eigenvalue weighted by Crippen LogP contribution is -2.02. The predicted molar refractivity (Wildman–Crippen MR) is 75.8 cm³/mol. The van der Waals surface area contributed by atoms with E-state index >= 15 is 0 Å². The SMILES string of the molecule is COCOc1ccc(/C=C(/N=[N+]=[N-])C(=O)OC)c(Br)c1. The van der Waals surface area contributed by atoms with Gasteiger partial charge in [0, 0.05) is 16.5 Å². The van der Waals surface area contributed by atoms with E-state index in [4.69, 9.17) is 15.0 Å². The van der Waals surface area contributed by atoms with Gasteiger partial charge in [-0.15, -0.1) is 0 Å². The van der Waals surface area contributed by atoms with Crippen LogP contribution in [0.5, 0.6) is 5.75 Å². The van der Waals surface area contributed by atoms with Gasteiger partial charge in [0.05, 0.1) is 7.11 Å². The maximum atomic E-state index is 11.4. The number of hydrogen-bond donors (Lipinski definition) is 0. The summed E-state index contributed by atoms with van der Waals surface area (Å²) in [6.07, 6.45) is 1.41.